The van der Waals surface area contributed by atoms with E-state index in [0.29, 0.717) is 21.8 Å². The Balaban J connectivity index is 1.46. The van der Waals surface area contributed by atoms with Crippen LogP contribution in [0.3, 0.4) is 0 Å². The summed E-state index contributed by atoms with van der Waals surface area (Å²) in [5.41, 5.74) is 4.64. The van der Waals surface area contributed by atoms with Crippen LogP contribution in [-0.4, -0.2) is 23.5 Å². The summed E-state index contributed by atoms with van der Waals surface area (Å²) in [6.45, 7) is 4.03. The van der Waals surface area contributed by atoms with Crippen LogP contribution < -0.4 is 16.0 Å². The molecule has 0 unspecified atom stereocenters. The van der Waals surface area contributed by atoms with Gasteiger partial charge in [-0.2, -0.15) is 0 Å². The highest BCUT2D eigenvalue weighted by molar-refractivity contribution is 8.00. The average Bonchev–Trinajstić information content (AvgIpc) is 2.97. The molecule has 4 aromatic rings. The number of para-hydroxylation sites is 1. The van der Waals surface area contributed by atoms with Gasteiger partial charge in [0.05, 0.1) is 5.75 Å². The fourth-order valence-electron chi connectivity index (χ4n) is 4.09. The van der Waals surface area contributed by atoms with Gasteiger partial charge in [0.1, 0.15) is 5.70 Å². The minimum Gasteiger partial charge on any atom is -0.325 e. The maximum absolute atomic E-state index is 13.3. The number of thioether (sulfide) groups is 1. The van der Waals surface area contributed by atoms with Gasteiger partial charge in [-0.15, -0.1) is 11.8 Å². The molecule has 0 bridgehead atoms. The second-order valence-electron chi connectivity index (χ2n) is 9.21. The SMILES string of the molecule is CCc1cccc(C)c1NC(=O)CSc1cccc(NC(=O)/C(=C/c2cccc(Cl)c2)NC(=O)c2ccccc2)c1. The first kappa shape index (κ1) is 29.6. The van der Waals surface area contributed by atoms with Crippen LogP contribution in [-0.2, 0) is 16.0 Å². The average molecular weight is 584 g/mol. The molecule has 0 aliphatic carbocycles. The summed E-state index contributed by atoms with van der Waals surface area (Å²) in [5, 5.41) is 9.12. The number of nitrogens with one attached hydrogen (secondary N) is 3. The Kier molecular flexibility index (Phi) is 10.4. The second-order valence-corrected chi connectivity index (χ2v) is 10.7. The molecule has 0 saturated heterocycles. The van der Waals surface area contributed by atoms with Crippen LogP contribution in [0.25, 0.3) is 6.08 Å². The van der Waals surface area contributed by atoms with Gasteiger partial charge in [0, 0.05) is 26.9 Å². The van der Waals surface area contributed by atoms with Crippen molar-refractivity contribution in [2.45, 2.75) is 25.2 Å². The number of rotatable bonds is 10. The van der Waals surface area contributed by atoms with E-state index in [2.05, 4.69) is 22.9 Å². The molecule has 208 valence electrons. The van der Waals surface area contributed by atoms with Crippen molar-refractivity contribution in [1.82, 2.24) is 5.32 Å². The molecule has 0 atom stereocenters. The molecule has 0 saturated carbocycles. The lowest BCUT2D eigenvalue weighted by atomic mass is 10.1. The molecule has 6 nitrogen and oxygen atoms in total. The van der Waals surface area contributed by atoms with E-state index in [1.807, 2.05) is 37.3 Å². The van der Waals surface area contributed by atoms with Crippen LogP contribution in [0, 0.1) is 6.92 Å². The number of anilines is 2. The number of benzene rings is 4. The maximum atomic E-state index is 13.3. The van der Waals surface area contributed by atoms with Crippen molar-refractivity contribution in [1.29, 1.82) is 0 Å². The third-order valence-corrected chi connectivity index (χ3v) is 7.38. The Hall–Kier alpha value is -4.33. The van der Waals surface area contributed by atoms with Gasteiger partial charge >= 0.3 is 0 Å². The zero-order valence-electron chi connectivity index (χ0n) is 22.7. The van der Waals surface area contributed by atoms with Gasteiger partial charge < -0.3 is 16.0 Å². The van der Waals surface area contributed by atoms with E-state index >= 15 is 0 Å². The van der Waals surface area contributed by atoms with Gasteiger partial charge in [-0.05, 0) is 78.6 Å². The quantitative estimate of drug-likeness (QED) is 0.134. The molecule has 8 heteroatoms. The smallest absolute Gasteiger partial charge is 0.272 e. The summed E-state index contributed by atoms with van der Waals surface area (Å²) < 4.78 is 0. The molecule has 4 aromatic carbocycles. The highest BCUT2D eigenvalue weighted by Crippen LogP contribution is 2.25. The third kappa shape index (κ3) is 8.58. The zero-order valence-corrected chi connectivity index (χ0v) is 24.3. The van der Waals surface area contributed by atoms with E-state index in [4.69, 9.17) is 11.6 Å². The normalized spacial score (nSPS) is 11.0. The van der Waals surface area contributed by atoms with E-state index < -0.39 is 11.8 Å². The number of hydrogen-bond donors (Lipinski definition) is 3. The molecule has 3 amide bonds. The molecule has 4 rings (SSSR count). The minimum atomic E-state index is -0.499. The fraction of sp³-hybridized carbons (Fsp3) is 0.121. The predicted molar refractivity (Wildman–Crippen MR) is 168 cm³/mol. The topological polar surface area (TPSA) is 87.3 Å². The maximum Gasteiger partial charge on any atom is 0.272 e. The molecule has 0 aliphatic heterocycles. The first-order chi connectivity index (χ1) is 19.8. The van der Waals surface area contributed by atoms with Crippen LogP contribution in [0.1, 0.15) is 34.0 Å². The molecule has 0 spiro atoms. The van der Waals surface area contributed by atoms with Crippen LogP contribution >= 0.6 is 23.4 Å². The van der Waals surface area contributed by atoms with Gasteiger partial charge in [0.15, 0.2) is 0 Å². The van der Waals surface area contributed by atoms with Crippen LogP contribution in [0.5, 0.6) is 0 Å². The molecule has 41 heavy (non-hydrogen) atoms. The van der Waals surface area contributed by atoms with Gasteiger partial charge in [0.2, 0.25) is 5.91 Å². The monoisotopic (exact) mass is 583 g/mol. The molecule has 0 aromatic heterocycles. The summed E-state index contributed by atoms with van der Waals surface area (Å²) in [7, 11) is 0. The third-order valence-electron chi connectivity index (χ3n) is 6.15. The first-order valence-electron chi connectivity index (χ1n) is 13.1. The van der Waals surface area contributed by atoms with Crippen LogP contribution in [0.2, 0.25) is 5.02 Å². The molecule has 0 fully saturated rings. The van der Waals surface area contributed by atoms with Crippen molar-refractivity contribution in [2.75, 3.05) is 16.4 Å². The number of amides is 3. The highest BCUT2D eigenvalue weighted by atomic mass is 35.5. The Labute approximate surface area is 249 Å². The molecule has 0 radical (unpaired) electrons. The van der Waals surface area contributed by atoms with Crippen molar-refractivity contribution in [3.63, 3.8) is 0 Å². The van der Waals surface area contributed by atoms with Crippen molar-refractivity contribution >= 4 is 58.5 Å². The molecule has 3 N–H and O–H groups in total. The second kappa shape index (κ2) is 14.3. The Morgan fingerprint density at radius 3 is 2.37 bits per heavy atom. The van der Waals surface area contributed by atoms with Crippen LogP contribution in [0.4, 0.5) is 11.4 Å². The summed E-state index contributed by atoms with van der Waals surface area (Å²) in [4.78, 5) is 39.7. The van der Waals surface area contributed by atoms with Crippen molar-refractivity contribution in [2.24, 2.45) is 0 Å². The Bertz CT molecular complexity index is 1590. The number of aryl methyl sites for hydroxylation is 2. The standard InChI is InChI=1S/C33H30ClN3O3S/c1-3-24-14-7-10-22(2)31(24)37-30(38)21-41-28-17-9-16-27(20-28)35-33(40)29(19-23-11-8-15-26(34)18-23)36-32(39)25-12-5-4-6-13-25/h4-20H,3,21H2,1-2H3,(H,35,40)(H,36,39)(H,37,38)/b29-19-. The largest absolute Gasteiger partial charge is 0.325 e. The fourth-order valence-corrected chi connectivity index (χ4v) is 5.05. The van der Waals surface area contributed by atoms with Gasteiger partial charge in [0.25, 0.3) is 11.8 Å². The summed E-state index contributed by atoms with van der Waals surface area (Å²) >= 11 is 7.50. The molecule has 0 heterocycles. The minimum absolute atomic E-state index is 0.0588. The van der Waals surface area contributed by atoms with Gasteiger partial charge in [-0.1, -0.05) is 73.1 Å². The Morgan fingerprint density at radius 2 is 1.61 bits per heavy atom. The molecule has 0 aliphatic rings. The van der Waals surface area contributed by atoms with Crippen molar-refractivity contribution < 1.29 is 14.4 Å². The van der Waals surface area contributed by atoms with E-state index in [-0.39, 0.29) is 17.4 Å². The predicted octanol–water partition coefficient (Wildman–Crippen LogP) is 7.35. The number of carbonyl (C=O) groups is 3. The Morgan fingerprint density at radius 1 is 0.854 bits per heavy atom. The summed E-state index contributed by atoms with van der Waals surface area (Å²) in [6.07, 6.45) is 2.40. The summed E-state index contributed by atoms with van der Waals surface area (Å²) in [5.74, 6) is -0.809. The molecular formula is C33H30ClN3O3S. The summed E-state index contributed by atoms with van der Waals surface area (Å²) in [6, 6.07) is 28.8. The highest BCUT2D eigenvalue weighted by Gasteiger charge is 2.16. The van der Waals surface area contributed by atoms with E-state index in [0.717, 1.165) is 28.1 Å². The number of carbonyl (C=O) groups excluding carboxylic acids is 3. The van der Waals surface area contributed by atoms with E-state index in [1.54, 1.807) is 72.8 Å². The van der Waals surface area contributed by atoms with Crippen LogP contribution in [0.15, 0.2) is 108 Å². The zero-order chi connectivity index (χ0) is 29.2. The first-order valence-corrected chi connectivity index (χ1v) is 14.4. The van der Waals surface area contributed by atoms with Crippen molar-refractivity contribution in [3.8, 4) is 0 Å². The lowest BCUT2D eigenvalue weighted by Crippen LogP contribution is -2.30. The van der Waals surface area contributed by atoms with Gasteiger partial charge in [-0.25, -0.2) is 0 Å². The lowest BCUT2D eigenvalue weighted by molar-refractivity contribution is -0.114. The number of hydrogen-bond acceptors (Lipinski definition) is 4. The van der Waals surface area contributed by atoms with E-state index in [9.17, 15) is 14.4 Å². The lowest BCUT2D eigenvalue weighted by Gasteiger charge is -2.13. The van der Waals surface area contributed by atoms with E-state index in [1.165, 1.54) is 11.8 Å². The van der Waals surface area contributed by atoms with Gasteiger partial charge in [-0.3, -0.25) is 14.4 Å². The number of halogens is 1. The van der Waals surface area contributed by atoms with Crippen molar-refractivity contribution in [3.05, 3.63) is 130 Å². The molecular weight excluding hydrogens is 554 g/mol.